The van der Waals surface area contributed by atoms with Gasteiger partial charge in [-0.25, -0.2) is 4.79 Å². The normalized spacial score (nSPS) is 26.0. The van der Waals surface area contributed by atoms with Gasteiger partial charge in [0.15, 0.2) is 0 Å². The molecule has 2 N–H and O–H groups in total. The molecule has 4 amide bonds. The summed E-state index contributed by atoms with van der Waals surface area (Å²) in [6.07, 6.45) is 3.54. The Balaban J connectivity index is 1.71. The van der Waals surface area contributed by atoms with Crippen LogP contribution < -0.4 is 10.6 Å². The third-order valence-electron chi connectivity index (χ3n) is 5.46. The molecule has 25 heavy (non-hydrogen) atoms. The van der Waals surface area contributed by atoms with Gasteiger partial charge < -0.3 is 10.6 Å². The first-order chi connectivity index (χ1) is 11.8. The van der Waals surface area contributed by atoms with Crippen molar-refractivity contribution in [2.75, 3.05) is 11.9 Å². The molecule has 2 atom stereocenters. The molecular formula is C19H25N3O3. The number of amides is 4. The SMILES string of the molecule is Cc1ccc(NC(=O)CN2C(=O)N[C@]3(CCCC[C@@H]3C)C2=O)c(C)c1. The predicted octanol–water partition coefficient (Wildman–Crippen LogP) is 2.74. The maximum atomic E-state index is 12.9. The average molecular weight is 343 g/mol. The number of aryl methyl sites for hydroxylation is 2. The zero-order valence-corrected chi connectivity index (χ0v) is 15.0. The number of nitrogens with zero attached hydrogens (tertiary/aromatic N) is 1. The molecule has 3 rings (SSSR count). The molecule has 1 heterocycles. The van der Waals surface area contributed by atoms with Crippen LogP contribution in [0.3, 0.4) is 0 Å². The highest BCUT2D eigenvalue weighted by Crippen LogP contribution is 2.38. The Hall–Kier alpha value is -2.37. The Labute approximate surface area is 148 Å². The number of benzene rings is 1. The Morgan fingerprint density at radius 2 is 2.08 bits per heavy atom. The molecule has 1 aliphatic heterocycles. The number of rotatable bonds is 3. The number of nitrogens with one attached hydrogen (secondary N) is 2. The van der Waals surface area contributed by atoms with E-state index in [0.717, 1.165) is 35.3 Å². The van der Waals surface area contributed by atoms with Gasteiger partial charge in [0.25, 0.3) is 5.91 Å². The molecule has 0 unspecified atom stereocenters. The number of urea groups is 1. The lowest BCUT2D eigenvalue weighted by Crippen LogP contribution is -2.54. The molecule has 1 saturated carbocycles. The molecule has 2 fully saturated rings. The van der Waals surface area contributed by atoms with Crippen molar-refractivity contribution in [2.45, 2.75) is 52.0 Å². The van der Waals surface area contributed by atoms with Gasteiger partial charge in [0.2, 0.25) is 5.91 Å². The zero-order valence-electron chi connectivity index (χ0n) is 15.0. The Morgan fingerprint density at radius 1 is 1.32 bits per heavy atom. The summed E-state index contributed by atoms with van der Waals surface area (Å²) in [5.41, 5.74) is 1.93. The number of hydrogen-bond donors (Lipinski definition) is 2. The van der Waals surface area contributed by atoms with Gasteiger partial charge in [-0.05, 0) is 44.2 Å². The topological polar surface area (TPSA) is 78.5 Å². The van der Waals surface area contributed by atoms with Crippen molar-refractivity contribution in [1.82, 2.24) is 10.2 Å². The molecule has 134 valence electrons. The maximum Gasteiger partial charge on any atom is 0.325 e. The highest BCUT2D eigenvalue weighted by molar-refractivity contribution is 6.10. The Morgan fingerprint density at radius 3 is 2.76 bits per heavy atom. The summed E-state index contributed by atoms with van der Waals surface area (Å²) >= 11 is 0. The van der Waals surface area contributed by atoms with Crippen molar-refractivity contribution in [2.24, 2.45) is 5.92 Å². The monoisotopic (exact) mass is 343 g/mol. The Kier molecular flexibility index (Phi) is 4.54. The summed E-state index contributed by atoms with van der Waals surface area (Å²) in [5, 5.41) is 5.66. The number of anilines is 1. The van der Waals surface area contributed by atoms with E-state index in [-0.39, 0.29) is 24.3 Å². The fourth-order valence-corrected chi connectivity index (χ4v) is 3.93. The molecule has 1 aromatic carbocycles. The lowest BCUT2D eigenvalue weighted by Gasteiger charge is -2.36. The van der Waals surface area contributed by atoms with Crippen molar-refractivity contribution in [3.63, 3.8) is 0 Å². The van der Waals surface area contributed by atoms with E-state index in [4.69, 9.17) is 0 Å². The van der Waals surface area contributed by atoms with Crippen molar-refractivity contribution in [1.29, 1.82) is 0 Å². The number of hydrogen-bond acceptors (Lipinski definition) is 3. The summed E-state index contributed by atoms with van der Waals surface area (Å²) in [5.74, 6) is -0.540. The Bertz CT molecular complexity index is 731. The largest absolute Gasteiger partial charge is 0.325 e. The molecule has 1 spiro atoms. The lowest BCUT2D eigenvalue weighted by atomic mass is 9.73. The van der Waals surface area contributed by atoms with Crippen LogP contribution in [0.2, 0.25) is 0 Å². The predicted molar refractivity (Wildman–Crippen MR) is 95.2 cm³/mol. The quantitative estimate of drug-likeness (QED) is 0.828. The second kappa shape index (κ2) is 6.50. The highest BCUT2D eigenvalue weighted by atomic mass is 16.2. The van der Waals surface area contributed by atoms with Crippen molar-refractivity contribution in [3.8, 4) is 0 Å². The molecule has 6 nitrogen and oxygen atoms in total. The summed E-state index contributed by atoms with van der Waals surface area (Å²) in [4.78, 5) is 38.6. The van der Waals surface area contributed by atoms with Crippen LogP contribution in [-0.2, 0) is 9.59 Å². The summed E-state index contributed by atoms with van der Waals surface area (Å²) in [6, 6.07) is 5.26. The molecule has 2 aliphatic rings. The third-order valence-corrected chi connectivity index (χ3v) is 5.46. The number of carbonyl (C=O) groups is 3. The third kappa shape index (κ3) is 3.13. The minimum Gasteiger partial charge on any atom is -0.324 e. The molecule has 0 aromatic heterocycles. The van der Waals surface area contributed by atoms with Crippen LogP contribution in [-0.4, -0.2) is 34.8 Å². The van der Waals surface area contributed by atoms with Gasteiger partial charge in [0, 0.05) is 5.69 Å². The van der Waals surface area contributed by atoms with E-state index in [1.807, 2.05) is 39.0 Å². The zero-order chi connectivity index (χ0) is 18.2. The fraction of sp³-hybridized carbons (Fsp3) is 0.526. The molecule has 1 saturated heterocycles. The summed E-state index contributed by atoms with van der Waals surface area (Å²) < 4.78 is 0. The van der Waals surface area contributed by atoms with E-state index in [1.54, 1.807) is 0 Å². The van der Waals surface area contributed by atoms with Gasteiger partial charge in [0.1, 0.15) is 12.1 Å². The fourth-order valence-electron chi connectivity index (χ4n) is 3.93. The summed E-state index contributed by atoms with van der Waals surface area (Å²) in [7, 11) is 0. The standard InChI is InChI=1S/C19H25N3O3/c1-12-7-8-15(13(2)10-12)20-16(23)11-22-17(24)19(21-18(22)25)9-5-4-6-14(19)3/h7-8,10,14H,4-6,9,11H2,1-3H3,(H,20,23)(H,21,25)/t14-,19-/m0/s1. The summed E-state index contributed by atoms with van der Waals surface area (Å²) in [6.45, 7) is 5.63. The van der Waals surface area contributed by atoms with Gasteiger partial charge >= 0.3 is 6.03 Å². The number of imide groups is 1. The van der Waals surface area contributed by atoms with Gasteiger partial charge in [0.05, 0.1) is 0 Å². The second-order valence-electron chi connectivity index (χ2n) is 7.31. The van der Waals surface area contributed by atoms with Gasteiger partial charge in [-0.15, -0.1) is 0 Å². The smallest absolute Gasteiger partial charge is 0.324 e. The van der Waals surface area contributed by atoms with Crippen molar-refractivity contribution < 1.29 is 14.4 Å². The van der Waals surface area contributed by atoms with Crippen molar-refractivity contribution >= 4 is 23.5 Å². The van der Waals surface area contributed by atoms with Crippen LogP contribution in [0.5, 0.6) is 0 Å². The van der Waals surface area contributed by atoms with Crippen LogP contribution in [0.15, 0.2) is 18.2 Å². The average Bonchev–Trinajstić information content (AvgIpc) is 2.78. The number of carbonyl (C=O) groups excluding carboxylic acids is 3. The van der Waals surface area contributed by atoms with Crippen molar-refractivity contribution in [3.05, 3.63) is 29.3 Å². The first kappa shape index (κ1) is 17.5. The molecule has 0 radical (unpaired) electrons. The van der Waals surface area contributed by atoms with Crippen LogP contribution >= 0.6 is 0 Å². The molecule has 1 aromatic rings. The van der Waals surface area contributed by atoms with Crippen LogP contribution in [0.4, 0.5) is 10.5 Å². The van der Waals surface area contributed by atoms with E-state index in [0.29, 0.717) is 12.1 Å². The van der Waals surface area contributed by atoms with Crippen LogP contribution in [0.25, 0.3) is 0 Å². The molecular weight excluding hydrogens is 318 g/mol. The van der Waals surface area contributed by atoms with Gasteiger partial charge in [-0.3, -0.25) is 14.5 Å². The van der Waals surface area contributed by atoms with Crippen LogP contribution in [0, 0.1) is 19.8 Å². The van der Waals surface area contributed by atoms with E-state index >= 15 is 0 Å². The van der Waals surface area contributed by atoms with Crippen LogP contribution in [0.1, 0.15) is 43.7 Å². The highest BCUT2D eigenvalue weighted by Gasteiger charge is 2.55. The van der Waals surface area contributed by atoms with E-state index in [1.165, 1.54) is 0 Å². The van der Waals surface area contributed by atoms with E-state index < -0.39 is 11.6 Å². The molecule has 0 bridgehead atoms. The van der Waals surface area contributed by atoms with E-state index in [9.17, 15) is 14.4 Å². The minimum atomic E-state index is -0.824. The van der Waals surface area contributed by atoms with Gasteiger partial charge in [-0.1, -0.05) is 37.5 Å². The first-order valence-corrected chi connectivity index (χ1v) is 8.85. The van der Waals surface area contributed by atoms with Gasteiger partial charge in [-0.2, -0.15) is 0 Å². The van der Waals surface area contributed by atoms with E-state index in [2.05, 4.69) is 10.6 Å². The molecule has 1 aliphatic carbocycles. The maximum absolute atomic E-state index is 12.9. The first-order valence-electron chi connectivity index (χ1n) is 8.85. The minimum absolute atomic E-state index is 0.0881. The lowest BCUT2D eigenvalue weighted by molar-refractivity contribution is -0.136. The second-order valence-corrected chi connectivity index (χ2v) is 7.31. The molecule has 6 heteroatoms.